The summed E-state index contributed by atoms with van der Waals surface area (Å²) in [4.78, 5) is 0. The highest BCUT2D eigenvalue weighted by Gasteiger charge is 2.56. The van der Waals surface area contributed by atoms with E-state index in [2.05, 4.69) is 31.9 Å². The number of hydrogen-bond acceptors (Lipinski definition) is 4. The Morgan fingerprint density at radius 3 is 2.68 bits per heavy atom. The average Bonchev–Trinajstić information content (AvgIpc) is 2.90. The van der Waals surface area contributed by atoms with Gasteiger partial charge in [-0.15, -0.1) is 0 Å². The summed E-state index contributed by atoms with van der Waals surface area (Å²) in [7, 11) is 0. The summed E-state index contributed by atoms with van der Waals surface area (Å²) in [6, 6.07) is 0. The molecule has 0 unspecified atom stereocenters. The van der Waals surface area contributed by atoms with E-state index in [1.54, 1.807) is 0 Å². The number of aliphatic hydroxyl groups is 2. The first-order valence-corrected chi connectivity index (χ1v) is 9.96. The molecule has 0 spiro atoms. The fraction of sp³-hybridized carbons (Fsp3) is 0.857. The second-order valence-electron chi connectivity index (χ2n) is 9.28. The molecule has 0 aromatic carbocycles. The molecule has 0 bridgehead atoms. The van der Waals surface area contributed by atoms with E-state index in [1.165, 1.54) is 18.4 Å². The first kappa shape index (κ1) is 18.7. The minimum absolute atomic E-state index is 0.0427. The van der Waals surface area contributed by atoms with Gasteiger partial charge in [0.1, 0.15) is 0 Å². The van der Waals surface area contributed by atoms with Crippen LogP contribution in [0, 0.1) is 46.0 Å². The van der Waals surface area contributed by atoms with Crippen molar-refractivity contribution < 1.29 is 10.2 Å². The molecule has 0 aromatic rings. The second-order valence-corrected chi connectivity index (χ2v) is 9.28. The zero-order valence-corrected chi connectivity index (χ0v) is 15.8. The van der Waals surface area contributed by atoms with Crippen molar-refractivity contribution in [2.24, 2.45) is 34.5 Å². The zero-order chi connectivity index (χ0) is 18.2. The van der Waals surface area contributed by atoms with Gasteiger partial charge in [-0.25, -0.2) is 0 Å². The molecule has 3 aliphatic rings. The van der Waals surface area contributed by atoms with Gasteiger partial charge in [0, 0.05) is 13.2 Å². The van der Waals surface area contributed by atoms with E-state index < -0.39 is 0 Å². The number of rotatable bonds is 4. The van der Waals surface area contributed by atoms with Crippen LogP contribution in [0.5, 0.6) is 0 Å². The van der Waals surface area contributed by atoms with Crippen LogP contribution in [-0.4, -0.2) is 29.5 Å². The zero-order valence-electron chi connectivity index (χ0n) is 15.8. The predicted molar refractivity (Wildman–Crippen MR) is 98.3 cm³/mol. The monoisotopic (exact) mass is 346 g/mol. The third-order valence-electron chi connectivity index (χ3n) is 8.38. The van der Waals surface area contributed by atoms with Crippen LogP contribution in [0.15, 0.2) is 12.2 Å². The molecular weight excluding hydrogens is 312 g/mol. The molecule has 3 saturated carbocycles. The molecule has 4 heteroatoms. The molecule has 4 nitrogen and oxygen atoms in total. The van der Waals surface area contributed by atoms with Gasteiger partial charge in [-0.3, -0.25) is 0 Å². The van der Waals surface area contributed by atoms with Gasteiger partial charge in [-0.2, -0.15) is 5.26 Å². The SMILES string of the molecule is C=C1CC[C@H]2[C@H](CNC#N)[C@@H]([C@@]3(C)CC[C@H](O)C[C@@H]3CO)CC[C@]12C. The average molecular weight is 347 g/mol. The lowest BCUT2D eigenvalue weighted by Gasteiger charge is -2.56. The molecule has 0 aromatic heterocycles. The van der Waals surface area contributed by atoms with Crippen LogP contribution >= 0.6 is 0 Å². The molecule has 25 heavy (non-hydrogen) atoms. The summed E-state index contributed by atoms with van der Waals surface area (Å²) in [5.74, 6) is 1.65. The highest BCUT2D eigenvalue weighted by Crippen LogP contribution is 2.63. The highest BCUT2D eigenvalue weighted by atomic mass is 16.3. The summed E-state index contributed by atoms with van der Waals surface area (Å²) < 4.78 is 0. The molecule has 0 saturated heterocycles. The maximum Gasteiger partial charge on any atom is 0.176 e. The Labute approximate surface area is 152 Å². The van der Waals surface area contributed by atoms with Crippen molar-refractivity contribution in [2.45, 2.75) is 64.9 Å². The van der Waals surface area contributed by atoms with Gasteiger partial charge < -0.3 is 15.5 Å². The number of nitriles is 1. The molecule has 0 radical (unpaired) electrons. The van der Waals surface area contributed by atoms with Crippen molar-refractivity contribution in [2.75, 3.05) is 13.2 Å². The van der Waals surface area contributed by atoms with Gasteiger partial charge in [0.05, 0.1) is 6.10 Å². The number of aliphatic hydroxyl groups excluding tert-OH is 2. The molecule has 3 N–H and O–H groups in total. The first-order valence-electron chi connectivity index (χ1n) is 9.96. The van der Waals surface area contributed by atoms with E-state index >= 15 is 0 Å². The minimum Gasteiger partial charge on any atom is -0.396 e. The van der Waals surface area contributed by atoms with E-state index in [4.69, 9.17) is 5.26 Å². The third kappa shape index (κ3) is 3.00. The molecule has 3 aliphatic carbocycles. The van der Waals surface area contributed by atoms with E-state index in [0.717, 1.165) is 32.2 Å². The Hall–Kier alpha value is -1.05. The van der Waals surface area contributed by atoms with Crippen LogP contribution in [0.1, 0.15) is 58.8 Å². The van der Waals surface area contributed by atoms with Gasteiger partial charge in [0.25, 0.3) is 0 Å². The Morgan fingerprint density at radius 1 is 1.24 bits per heavy atom. The van der Waals surface area contributed by atoms with Crippen LogP contribution in [0.25, 0.3) is 0 Å². The van der Waals surface area contributed by atoms with Crippen molar-refractivity contribution in [1.82, 2.24) is 5.32 Å². The number of hydrogen-bond donors (Lipinski definition) is 3. The molecule has 3 rings (SSSR count). The van der Waals surface area contributed by atoms with Gasteiger partial charge in [0.15, 0.2) is 6.19 Å². The minimum atomic E-state index is -0.277. The van der Waals surface area contributed by atoms with Crippen LogP contribution in [0.2, 0.25) is 0 Å². The van der Waals surface area contributed by atoms with Crippen molar-refractivity contribution >= 4 is 0 Å². The lowest BCUT2D eigenvalue weighted by molar-refractivity contribution is -0.0926. The number of nitrogens with zero attached hydrogens (tertiary/aromatic N) is 1. The number of fused-ring (bicyclic) bond motifs is 1. The Morgan fingerprint density at radius 2 is 2.00 bits per heavy atom. The quantitative estimate of drug-likeness (QED) is 0.415. The van der Waals surface area contributed by atoms with Crippen molar-refractivity contribution in [3.63, 3.8) is 0 Å². The lowest BCUT2D eigenvalue weighted by Crippen LogP contribution is -2.53. The molecule has 0 amide bonds. The van der Waals surface area contributed by atoms with E-state index in [-0.39, 0.29) is 29.5 Å². The summed E-state index contributed by atoms with van der Waals surface area (Å²) in [5.41, 5.74) is 1.64. The van der Waals surface area contributed by atoms with Crippen LogP contribution in [-0.2, 0) is 0 Å². The highest BCUT2D eigenvalue weighted by molar-refractivity contribution is 5.21. The van der Waals surface area contributed by atoms with Crippen LogP contribution in [0.4, 0.5) is 0 Å². The van der Waals surface area contributed by atoms with Gasteiger partial charge in [-0.05, 0) is 79.4 Å². The molecule has 0 heterocycles. The van der Waals surface area contributed by atoms with Crippen molar-refractivity contribution in [3.05, 3.63) is 12.2 Å². The second kappa shape index (κ2) is 6.93. The van der Waals surface area contributed by atoms with Gasteiger partial charge >= 0.3 is 0 Å². The lowest BCUT2D eigenvalue weighted by atomic mass is 9.49. The molecule has 140 valence electrons. The fourth-order valence-electron chi connectivity index (χ4n) is 6.63. The maximum absolute atomic E-state index is 10.1. The molecule has 0 aliphatic heterocycles. The molecule has 7 atom stereocenters. The van der Waals surface area contributed by atoms with E-state index in [1.807, 2.05) is 0 Å². The summed E-state index contributed by atoms with van der Waals surface area (Å²) >= 11 is 0. The Bertz CT molecular complexity index is 557. The summed E-state index contributed by atoms with van der Waals surface area (Å²) in [5, 5.41) is 32.2. The Kier molecular flexibility index (Phi) is 5.19. The molecular formula is C21H34N2O2. The number of allylic oxidation sites excluding steroid dienone is 1. The van der Waals surface area contributed by atoms with E-state index in [0.29, 0.717) is 24.2 Å². The number of nitrogens with one attached hydrogen (secondary N) is 1. The van der Waals surface area contributed by atoms with Crippen molar-refractivity contribution in [1.29, 1.82) is 5.26 Å². The summed E-state index contributed by atoms with van der Waals surface area (Å²) in [6.07, 6.45) is 8.93. The van der Waals surface area contributed by atoms with E-state index in [9.17, 15) is 10.2 Å². The van der Waals surface area contributed by atoms with Gasteiger partial charge in [-0.1, -0.05) is 26.0 Å². The first-order chi connectivity index (χ1) is 11.9. The smallest absolute Gasteiger partial charge is 0.176 e. The molecule has 3 fully saturated rings. The predicted octanol–water partition coefficient (Wildman–Crippen LogP) is 3.22. The topological polar surface area (TPSA) is 76.3 Å². The van der Waals surface area contributed by atoms with Crippen molar-refractivity contribution in [3.8, 4) is 6.19 Å². The normalized spacial score (nSPS) is 47.2. The third-order valence-corrected chi connectivity index (χ3v) is 8.38. The standard InChI is InChI=1S/C21H34N2O2/c1-14-4-5-18-17(11-23-13-22)19(7-9-20(14,18)2)21(3)8-6-16(25)10-15(21)12-24/h15-19,23-25H,1,4-12H2,2-3H3/t15-,16+,17+,18+,19+,20-,21+/m1/s1. The maximum atomic E-state index is 10.1. The van der Waals surface area contributed by atoms with Crippen LogP contribution in [0.3, 0.4) is 0 Å². The summed E-state index contributed by atoms with van der Waals surface area (Å²) in [6.45, 7) is 9.94. The Balaban J connectivity index is 1.91. The fourth-order valence-corrected chi connectivity index (χ4v) is 6.63. The van der Waals surface area contributed by atoms with Gasteiger partial charge in [0.2, 0.25) is 0 Å². The largest absolute Gasteiger partial charge is 0.396 e. The van der Waals surface area contributed by atoms with Crippen LogP contribution < -0.4 is 5.32 Å².